The van der Waals surface area contributed by atoms with E-state index in [1.165, 1.54) is 35.7 Å². The van der Waals surface area contributed by atoms with E-state index in [0.717, 1.165) is 0 Å². The molecule has 0 atom stereocenters. The number of benzene rings is 1. The van der Waals surface area contributed by atoms with E-state index < -0.39 is 21.8 Å². The summed E-state index contributed by atoms with van der Waals surface area (Å²) < 4.78 is 55.4. The highest BCUT2D eigenvalue weighted by molar-refractivity contribution is 7.89. The molecule has 0 radical (unpaired) electrons. The van der Waals surface area contributed by atoms with Crippen LogP contribution in [-0.4, -0.2) is 51.4 Å². The molecule has 1 N–H and O–H groups in total. The Morgan fingerprint density at radius 2 is 1.94 bits per heavy atom. The number of esters is 1. The van der Waals surface area contributed by atoms with E-state index >= 15 is 0 Å². The summed E-state index contributed by atoms with van der Waals surface area (Å²) in [5, 5.41) is 2.42. The molecule has 0 aliphatic carbocycles. The summed E-state index contributed by atoms with van der Waals surface area (Å²) in [5.74, 6) is -1.89. The number of halogens is 1. The number of rotatable bonds is 8. The minimum atomic E-state index is -3.93. The van der Waals surface area contributed by atoms with Gasteiger partial charge in [-0.2, -0.15) is 4.31 Å². The molecule has 0 spiro atoms. The van der Waals surface area contributed by atoms with Crippen molar-refractivity contribution in [2.75, 3.05) is 26.8 Å². The second-order valence-electron chi connectivity index (χ2n) is 7.20. The molecule has 0 bridgehead atoms. The fourth-order valence-corrected chi connectivity index (χ4v) is 4.79. The molecule has 2 aromatic rings. The van der Waals surface area contributed by atoms with E-state index in [9.17, 15) is 22.4 Å². The Labute approximate surface area is 185 Å². The normalized spacial score (nSPS) is 15.3. The molecule has 1 aliphatic heterocycles. The number of sulfonamides is 1. The van der Waals surface area contributed by atoms with Crippen LogP contribution in [0.1, 0.15) is 35.9 Å². The lowest BCUT2D eigenvalue weighted by molar-refractivity contribution is -0.126. The number of hydrogen-bond donors (Lipinski definition) is 1. The maximum absolute atomic E-state index is 13.8. The van der Waals surface area contributed by atoms with Gasteiger partial charge in [0.1, 0.15) is 0 Å². The monoisotopic (exact) mass is 468 g/mol. The third-order valence-electron chi connectivity index (χ3n) is 5.16. The number of ether oxygens (including phenoxy) is 2. The zero-order valence-electron chi connectivity index (χ0n) is 17.8. The van der Waals surface area contributed by atoms with E-state index in [-0.39, 0.29) is 54.7 Å². The van der Waals surface area contributed by atoms with E-state index in [1.54, 1.807) is 13.0 Å². The summed E-state index contributed by atoms with van der Waals surface area (Å²) in [4.78, 5) is 24.2. The first-order chi connectivity index (χ1) is 15.3. The number of nitrogens with zero attached hydrogens (tertiary/aromatic N) is 1. The number of hydrogen-bond acceptors (Lipinski definition) is 7. The molecule has 1 saturated heterocycles. The van der Waals surface area contributed by atoms with Gasteiger partial charge in [-0.1, -0.05) is 6.07 Å². The van der Waals surface area contributed by atoms with Crippen molar-refractivity contribution in [1.29, 1.82) is 0 Å². The molecular weight excluding hydrogens is 443 g/mol. The number of piperidine rings is 1. The van der Waals surface area contributed by atoms with Crippen LogP contribution in [0.15, 0.2) is 39.8 Å². The number of carbonyl (C=O) groups excluding carboxylic acids is 2. The average Bonchev–Trinajstić information content (AvgIpc) is 3.29. The lowest BCUT2D eigenvalue weighted by Gasteiger charge is -2.29. The van der Waals surface area contributed by atoms with Gasteiger partial charge in [0, 0.05) is 25.6 Å². The maximum atomic E-state index is 13.8. The molecule has 3 rings (SSSR count). The Balaban J connectivity index is 1.54. The second-order valence-corrected chi connectivity index (χ2v) is 9.07. The van der Waals surface area contributed by atoms with Crippen molar-refractivity contribution in [1.82, 2.24) is 9.62 Å². The van der Waals surface area contributed by atoms with Crippen LogP contribution in [0.4, 0.5) is 4.39 Å². The molecule has 9 nitrogen and oxygen atoms in total. The number of furan rings is 1. The minimum absolute atomic E-state index is 0.125. The molecule has 0 unspecified atom stereocenters. The maximum Gasteiger partial charge on any atom is 0.374 e. The number of methoxy groups -OCH3 is 1. The number of carbonyl (C=O) groups is 2. The van der Waals surface area contributed by atoms with Gasteiger partial charge in [-0.15, -0.1) is 0 Å². The van der Waals surface area contributed by atoms with Crippen LogP contribution in [0.25, 0.3) is 0 Å². The summed E-state index contributed by atoms with van der Waals surface area (Å²) >= 11 is 0. The first-order valence-corrected chi connectivity index (χ1v) is 11.6. The highest BCUT2D eigenvalue weighted by Crippen LogP contribution is 2.26. The Morgan fingerprint density at radius 1 is 1.22 bits per heavy atom. The van der Waals surface area contributed by atoms with E-state index in [1.807, 2.05) is 0 Å². The topological polar surface area (TPSA) is 115 Å². The van der Waals surface area contributed by atoms with E-state index in [4.69, 9.17) is 13.9 Å². The third-order valence-corrected chi connectivity index (χ3v) is 6.93. The lowest BCUT2D eigenvalue weighted by atomic mass is 9.97. The van der Waals surface area contributed by atoms with Crippen LogP contribution >= 0.6 is 0 Å². The van der Waals surface area contributed by atoms with Crippen LogP contribution < -0.4 is 10.1 Å². The highest BCUT2D eigenvalue weighted by Gasteiger charge is 2.34. The van der Waals surface area contributed by atoms with Crippen LogP contribution in [0.5, 0.6) is 5.75 Å². The summed E-state index contributed by atoms with van der Waals surface area (Å²) in [6.45, 7) is 2.19. The lowest BCUT2D eigenvalue weighted by Crippen LogP contribution is -2.42. The Bertz CT molecular complexity index is 1080. The fourth-order valence-electron chi connectivity index (χ4n) is 3.41. The van der Waals surface area contributed by atoms with Gasteiger partial charge in [-0.25, -0.2) is 17.6 Å². The van der Waals surface area contributed by atoms with Crippen molar-refractivity contribution in [3.63, 3.8) is 0 Å². The molecular formula is C21H25FN2O7S. The predicted molar refractivity (Wildman–Crippen MR) is 111 cm³/mol. The van der Waals surface area contributed by atoms with Crippen molar-refractivity contribution in [3.8, 4) is 5.75 Å². The van der Waals surface area contributed by atoms with Crippen molar-refractivity contribution in [2.45, 2.75) is 31.4 Å². The molecule has 174 valence electrons. The molecule has 1 aromatic carbocycles. The number of amides is 1. The van der Waals surface area contributed by atoms with Crippen molar-refractivity contribution >= 4 is 21.9 Å². The first kappa shape index (κ1) is 23.7. The van der Waals surface area contributed by atoms with Gasteiger partial charge >= 0.3 is 5.97 Å². The largest absolute Gasteiger partial charge is 0.494 e. The summed E-state index contributed by atoms with van der Waals surface area (Å²) in [7, 11) is -2.56. The Hall–Kier alpha value is -2.92. The van der Waals surface area contributed by atoms with Gasteiger partial charge in [-0.3, -0.25) is 4.79 Å². The average molecular weight is 469 g/mol. The minimum Gasteiger partial charge on any atom is -0.494 e. The zero-order chi connectivity index (χ0) is 23.3. The molecule has 1 amide bonds. The predicted octanol–water partition coefficient (Wildman–Crippen LogP) is 2.32. The highest BCUT2D eigenvalue weighted by atomic mass is 32.2. The molecule has 1 aliphatic rings. The molecule has 1 aromatic heterocycles. The van der Waals surface area contributed by atoms with Gasteiger partial charge in [0.25, 0.3) is 10.0 Å². The second kappa shape index (κ2) is 10.1. The van der Waals surface area contributed by atoms with Crippen molar-refractivity contribution < 1.29 is 36.3 Å². The van der Waals surface area contributed by atoms with Gasteiger partial charge in [-0.05, 0) is 49.6 Å². The van der Waals surface area contributed by atoms with Crippen LogP contribution in [0.2, 0.25) is 0 Å². The molecule has 1 fully saturated rings. The Kier molecular flexibility index (Phi) is 7.52. The van der Waals surface area contributed by atoms with Crippen LogP contribution in [-0.2, 0) is 26.1 Å². The smallest absolute Gasteiger partial charge is 0.374 e. The molecule has 32 heavy (non-hydrogen) atoms. The third kappa shape index (κ3) is 5.28. The SMILES string of the molecule is CCOC(=O)c1ccc(S(=O)(=O)N2CCC(C(=O)NCc3ccc(OC)c(F)c3)CC2)o1. The summed E-state index contributed by atoms with van der Waals surface area (Å²) in [6.07, 6.45) is 0.654. The fraction of sp³-hybridized carbons (Fsp3) is 0.429. The summed E-state index contributed by atoms with van der Waals surface area (Å²) in [6, 6.07) is 6.91. The van der Waals surface area contributed by atoms with E-state index in [2.05, 4.69) is 5.32 Å². The summed E-state index contributed by atoms with van der Waals surface area (Å²) in [5.41, 5.74) is 0.590. The quantitative estimate of drug-likeness (QED) is 0.591. The zero-order valence-corrected chi connectivity index (χ0v) is 18.6. The van der Waals surface area contributed by atoms with Crippen LogP contribution in [0, 0.1) is 11.7 Å². The standard InChI is InChI=1S/C21H25FN2O7S/c1-3-30-21(26)18-6-7-19(31-18)32(27,28)24-10-8-15(9-11-24)20(25)23-13-14-4-5-17(29-2)16(22)12-14/h4-7,12,15H,3,8-11,13H2,1-2H3,(H,23,25). The molecule has 11 heteroatoms. The van der Waals surface area contributed by atoms with Gasteiger partial charge in [0.2, 0.25) is 16.8 Å². The van der Waals surface area contributed by atoms with Gasteiger partial charge in [0.05, 0.1) is 13.7 Å². The van der Waals surface area contributed by atoms with Crippen molar-refractivity contribution in [2.24, 2.45) is 5.92 Å². The van der Waals surface area contributed by atoms with E-state index in [0.29, 0.717) is 18.4 Å². The Morgan fingerprint density at radius 3 is 2.56 bits per heavy atom. The first-order valence-electron chi connectivity index (χ1n) is 10.1. The van der Waals surface area contributed by atoms with Crippen LogP contribution in [0.3, 0.4) is 0 Å². The molecule has 2 heterocycles. The van der Waals surface area contributed by atoms with Gasteiger partial charge < -0.3 is 19.2 Å². The number of nitrogens with one attached hydrogen (secondary N) is 1. The molecule has 0 saturated carbocycles. The van der Waals surface area contributed by atoms with Gasteiger partial charge in [0.15, 0.2) is 11.6 Å². The van der Waals surface area contributed by atoms with Crippen molar-refractivity contribution in [3.05, 3.63) is 47.5 Å².